The predicted octanol–water partition coefficient (Wildman–Crippen LogP) is 3.27. The van der Waals surface area contributed by atoms with Gasteiger partial charge in [0.25, 0.3) is 0 Å². The smallest absolute Gasteiger partial charge is 0.341 e. The van der Waals surface area contributed by atoms with E-state index in [1.54, 1.807) is 35.0 Å². The number of aryl methyl sites for hydroxylation is 1. The van der Waals surface area contributed by atoms with E-state index < -0.39 is 5.82 Å². The van der Waals surface area contributed by atoms with Gasteiger partial charge in [0.15, 0.2) is 11.6 Å². The molecule has 2 aliphatic heterocycles. The largest absolute Gasteiger partial charge is 0.483 e. The molecular weight excluding hydrogens is 444 g/mol. The van der Waals surface area contributed by atoms with Gasteiger partial charge in [-0.2, -0.15) is 10.2 Å². The van der Waals surface area contributed by atoms with Crippen molar-refractivity contribution in [3.05, 3.63) is 59.3 Å². The molecule has 0 unspecified atom stereocenters. The van der Waals surface area contributed by atoms with Crippen LogP contribution in [0.25, 0.3) is 11.4 Å². The van der Waals surface area contributed by atoms with Crippen LogP contribution in [0.4, 0.5) is 19.4 Å². The zero-order valence-corrected chi connectivity index (χ0v) is 18.7. The molecule has 11 heteroatoms. The zero-order chi connectivity index (χ0) is 24.0. The fourth-order valence-electron chi connectivity index (χ4n) is 4.23. The van der Waals surface area contributed by atoms with Crippen LogP contribution >= 0.6 is 0 Å². The molecule has 0 saturated carbocycles. The quantitative estimate of drug-likeness (QED) is 0.635. The minimum Gasteiger partial charge on any atom is -0.483 e. The lowest BCUT2D eigenvalue weighted by molar-refractivity contribution is 0.0257. The van der Waals surface area contributed by atoms with Crippen LogP contribution in [0.1, 0.15) is 23.6 Å². The van der Waals surface area contributed by atoms with Crippen molar-refractivity contribution in [1.82, 2.24) is 24.7 Å². The number of carbonyl (C=O) groups excluding carboxylic acids is 1. The monoisotopic (exact) mass is 467 g/mol. The van der Waals surface area contributed by atoms with Gasteiger partial charge in [0.05, 0.1) is 36.7 Å². The van der Waals surface area contributed by atoms with E-state index in [0.717, 1.165) is 11.8 Å². The Bertz CT molecular complexity index is 1290. The number of pyridine rings is 1. The zero-order valence-electron chi connectivity index (χ0n) is 18.7. The summed E-state index contributed by atoms with van der Waals surface area (Å²) in [5.74, 6) is -0.549. The third kappa shape index (κ3) is 3.82. The minimum absolute atomic E-state index is 0.0399. The summed E-state index contributed by atoms with van der Waals surface area (Å²) < 4.78 is 35.5. The number of nitrogen functional groups attached to an aromatic ring is 1. The van der Waals surface area contributed by atoms with E-state index in [4.69, 9.17) is 10.5 Å². The van der Waals surface area contributed by atoms with Gasteiger partial charge < -0.3 is 15.4 Å². The second-order valence-corrected chi connectivity index (χ2v) is 8.36. The van der Waals surface area contributed by atoms with Crippen LogP contribution in [0.5, 0.6) is 5.75 Å². The number of halogens is 2. The SMILES string of the molecule is Cc1c(N)nn(C)c1-c1cc(OC2CN(C(=O)N3N=CC[C@H]3c3cccc(F)c3)C2)c(F)cn1. The molecule has 5 rings (SSSR count). The Kier molecular flexibility index (Phi) is 5.39. The fourth-order valence-corrected chi connectivity index (χ4v) is 4.23. The van der Waals surface area contributed by atoms with Crippen molar-refractivity contribution in [2.45, 2.75) is 25.5 Å². The number of hydrogen-bond donors (Lipinski definition) is 1. The number of carbonyl (C=O) groups is 1. The number of nitrogens with zero attached hydrogens (tertiary/aromatic N) is 6. The maximum Gasteiger partial charge on any atom is 0.341 e. The van der Waals surface area contributed by atoms with Crippen molar-refractivity contribution >= 4 is 18.1 Å². The van der Waals surface area contributed by atoms with Gasteiger partial charge in [-0.3, -0.25) is 9.67 Å². The fraction of sp³-hybridized carbons (Fsp3) is 0.304. The average molecular weight is 467 g/mol. The van der Waals surface area contributed by atoms with Crippen molar-refractivity contribution in [2.24, 2.45) is 12.1 Å². The number of urea groups is 1. The number of anilines is 1. The predicted molar refractivity (Wildman–Crippen MR) is 121 cm³/mol. The number of benzene rings is 1. The van der Waals surface area contributed by atoms with Crippen LogP contribution in [0.2, 0.25) is 0 Å². The third-order valence-electron chi connectivity index (χ3n) is 6.06. The number of nitrogens with two attached hydrogens (primary N) is 1. The first-order valence-electron chi connectivity index (χ1n) is 10.8. The second kappa shape index (κ2) is 8.40. The van der Waals surface area contributed by atoms with E-state index >= 15 is 0 Å². The molecule has 34 heavy (non-hydrogen) atoms. The molecule has 0 bridgehead atoms. The lowest BCUT2D eigenvalue weighted by atomic mass is 10.0. The molecule has 2 aliphatic rings. The van der Waals surface area contributed by atoms with Crippen LogP contribution in [-0.4, -0.2) is 56.1 Å². The molecule has 4 heterocycles. The molecule has 1 saturated heterocycles. The molecule has 0 aliphatic carbocycles. The summed E-state index contributed by atoms with van der Waals surface area (Å²) in [4.78, 5) is 18.7. The number of amides is 2. The summed E-state index contributed by atoms with van der Waals surface area (Å²) in [6, 6.07) is 6.98. The molecule has 0 radical (unpaired) electrons. The van der Waals surface area contributed by atoms with E-state index in [1.165, 1.54) is 23.2 Å². The molecule has 1 atom stereocenters. The Labute approximate surface area is 194 Å². The first kappa shape index (κ1) is 21.8. The Morgan fingerprint density at radius 3 is 2.74 bits per heavy atom. The number of hydrazone groups is 1. The molecule has 9 nitrogen and oxygen atoms in total. The van der Waals surface area contributed by atoms with E-state index in [2.05, 4.69) is 15.2 Å². The highest BCUT2D eigenvalue weighted by atomic mass is 19.1. The van der Waals surface area contributed by atoms with Crippen LogP contribution in [0.15, 0.2) is 41.6 Å². The number of aromatic nitrogens is 3. The van der Waals surface area contributed by atoms with Crippen molar-refractivity contribution < 1.29 is 18.3 Å². The van der Waals surface area contributed by atoms with E-state index in [1.807, 2.05) is 6.92 Å². The topological polar surface area (TPSA) is 102 Å². The lowest BCUT2D eigenvalue weighted by Crippen LogP contribution is -2.58. The van der Waals surface area contributed by atoms with Gasteiger partial charge in [-0.05, 0) is 24.6 Å². The Balaban J connectivity index is 1.25. The average Bonchev–Trinajstić information content (AvgIpc) is 3.36. The highest BCUT2D eigenvalue weighted by molar-refractivity contribution is 5.79. The first-order valence-corrected chi connectivity index (χ1v) is 10.8. The maximum atomic E-state index is 14.4. The lowest BCUT2D eigenvalue weighted by Gasteiger charge is -2.41. The summed E-state index contributed by atoms with van der Waals surface area (Å²) in [5, 5.41) is 9.70. The molecule has 2 amide bonds. The number of ether oxygens (including phenoxy) is 1. The van der Waals surface area contributed by atoms with Gasteiger partial charge in [-0.15, -0.1) is 0 Å². The molecule has 176 valence electrons. The summed E-state index contributed by atoms with van der Waals surface area (Å²) in [6.45, 7) is 2.36. The normalized spacial score (nSPS) is 17.8. The van der Waals surface area contributed by atoms with Crippen LogP contribution < -0.4 is 10.5 Å². The Morgan fingerprint density at radius 1 is 1.24 bits per heavy atom. The molecule has 1 aromatic carbocycles. The van der Waals surface area contributed by atoms with Crippen molar-refractivity contribution in [3.8, 4) is 17.1 Å². The number of likely N-dealkylation sites (tertiary alicyclic amines) is 1. The Hall–Kier alpha value is -4.02. The summed E-state index contributed by atoms with van der Waals surface area (Å²) in [6.07, 6.45) is 2.86. The summed E-state index contributed by atoms with van der Waals surface area (Å²) in [7, 11) is 1.73. The van der Waals surface area contributed by atoms with E-state index in [-0.39, 0.29) is 42.8 Å². The second-order valence-electron chi connectivity index (χ2n) is 8.36. The molecule has 2 N–H and O–H groups in total. The minimum atomic E-state index is -0.600. The summed E-state index contributed by atoms with van der Waals surface area (Å²) in [5.41, 5.74) is 8.45. The van der Waals surface area contributed by atoms with Gasteiger partial charge in [-0.25, -0.2) is 18.6 Å². The molecule has 0 spiro atoms. The van der Waals surface area contributed by atoms with Crippen molar-refractivity contribution in [2.75, 3.05) is 18.8 Å². The molecule has 2 aromatic heterocycles. The van der Waals surface area contributed by atoms with Gasteiger partial charge in [0.2, 0.25) is 0 Å². The first-order chi connectivity index (χ1) is 16.3. The van der Waals surface area contributed by atoms with Crippen molar-refractivity contribution in [3.63, 3.8) is 0 Å². The van der Waals surface area contributed by atoms with Crippen molar-refractivity contribution in [1.29, 1.82) is 0 Å². The van der Waals surface area contributed by atoms with Gasteiger partial charge in [-0.1, -0.05) is 12.1 Å². The number of rotatable bonds is 4. The van der Waals surface area contributed by atoms with Gasteiger partial charge in [0, 0.05) is 31.3 Å². The molecule has 3 aromatic rings. The van der Waals surface area contributed by atoms with Gasteiger partial charge >= 0.3 is 6.03 Å². The van der Waals surface area contributed by atoms with Crippen LogP contribution in [0.3, 0.4) is 0 Å². The third-order valence-corrected chi connectivity index (χ3v) is 6.06. The number of hydrogen-bond acceptors (Lipinski definition) is 6. The highest BCUT2D eigenvalue weighted by Gasteiger charge is 2.39. The molecular formula is C23H23F2N7O2. The molecule has 1 fully saturated rings. The highest BCUT2D eigenvalue weighted by Crippen LogP contribution is 2.32. The van der Waals surface area contributed by atoms with Crippen LogP contribution in [-0.2, 0) is 7.05 Å². The Morgan fingerprint density at radius 2 is 2.03 bits per heavy atom. The van der Waals surface area contributed by atoms with Gasteiger partial charge in [0.1, 0.15) is 17.7 Å². The van der Waals surface area contributed by atoms with E-state index in [9.17, 15) is 13.6 Å². The van der Waals surface area contributed by atoms with Crippen LogP contribution in [0, 0.1) is 18.6 Å². The van der Waals surface area contributed by atoms with E-state index in [0.29, 0.717) is 29.2 Å². The standard InChI is InChI=1S/C23H23F2N7O2/c1-13-21(30(2)29-22(13)26)18-9-20(17(25)10-27-18)34-16-11-31(12-16)23(33)32-19(6-7-28-32)14-4-3-5-15(24)8-14/h3-5,7-10,16,19H,6,11-12H2,1-2H3,(H2,26,29)/t19-/m0/s1. The summed E-state index contributed by atoms with van der Waals surface area (Å²) >= 11 is 0. The maximum absolute atomic E-state index is 14.4.